The van der Waals surface area contributed by atoms with E-state index >= 15 is 0 Å². The van der Waals surface area contributed by atoms with E-state index in [4.69, 9.17) is 9.15 Å². The quantitative estimate of drug-likeness (QED) is 0.800. The molecule has 2 aromatic heterocycles. The monoisotopic (exact) mass is 382 g/mol. The van der Waals surface area contributed by atoms with Gasteiger partial charge < -0.3 is 9.15 Å². The number of ether oxygens (including phenoxy) is 1. The predicted molar refractivity (Wildman–Crippen MR) is 96.4 cm³/mol. The summed E-state index contributed by atoms with van der Waals surface area (Å²) in [5.41, 5.74) is -0.299. The van der Waals surface area contributed by atoms with E-state index in [2.05, 4.69) is 20.4 Å². The molecule has 1 amide bonds. The molecule has 0 atom stereocenters. The third-order valence-electron chi connectivity index (χ3n) is 3.47. The Balaban J connectivity index is 1.52. The second-order valence-corrected chi connectivity index (χ2v) is 7.83. The average Bonchev–Trinajstić information content (AvgIpc) is 3.00. The molecule has 0 aromatic carbocycles. The maximum Gasteiger partial charge on any atom is 0.264 e. The first-order chi connectivity index (χ1) is 12.1. The van der Waals surface area contributed by atoms with Crippen LogP contribution in [0.25, 0.3) is 0 Å². The summed E-state index contributed by atoms with van der Waals surface area (Å²) in [7, 11) is 0. The Morgan fingerprint density at radius 3 is 2.88 bits per heavy atom. The first-order valence-corrected chi connectivity index (χ1v) is 9.72. The number of hydrogen-bond acceptors (Lipinski definition) is 9. The first kappa shape index (κ1) is 17.9. The summed E-state index contributed by atoms with van der Waals surface area (Å²) in [4.78, 5) is 26.1. The Labute approximate surface area is 152 Å². The van der Waals surface area contributed by atoms with Crippen LogP contribution in [0.2, 0.25) is 0 Å². The number of carbonyl (C=O) groups excluding carboxylic acids is 1. The summed E-state index contributed by atoms with van der Waals surface area (Å²) in [5.74, 6) is 2.38. The number of anilines is 1. The average molecular weight is 382 g/mol. The van der Waals surface area contributed by atoms with Crippen LogP contribution in [0.1, 0.15) is 10.8 Å². The van der Waals surface area contributed by atoms with Crippen LogP contribution in [0.4, 0.5) is 5.13 Å². The van der Waals surface area contributed by atoms with Crippen LogP contribution in [-0.2, 0) is 11.3 Å². The van der Waals surface area contributed by atoms with Gasteiger partial charge in [-0.05, 0) is 6.92 Å². The van der Waals surface area contributed by atoms with Crippen LogP contribution in [0.5, 0.6) is 5.75 Å². The van der Waals surface area contributed by atoms with Crippen molar-refractivity contribution < 1.29 is 13.9 Å². The molecule has 134 valence electrons. The summed E-state index contributed by atoms with van der Waals surface area (Å²) in [6.07, 6.45) is 1.26. The molecule has 0 saturated carbocycles. The van der Waals surface area contributed by atoms with E-state index in [1.807, 2.05) is 11.8 Å². The zero-order chi connectivity index (χ0) is 17.6. The molecule has 2 aromatic rings. The number of aromatic nitrogens is 2. The van der Waals surface area contributed by atoms with Crippen LogP contribution in [-0.4, -0.2) is 52.2 Å². The molecule has 0 spiro atoms. The number of carbonyl (C=O) groups is 1. The Morgan fingerprint density at radius 1 is 1.40 bits per heavy atom. The van der Waals surface area contributed by atoms with E-state index in [0.29, 0.717) is 17.4 Å². The molecule has 1 N–H and O–H groups in total. The number of thioether (sulfide) groups is 1. The van der Waals surface area contributed by atoms with Gasteiger partial charge in [0.1, 0.15) is 17.0 Å². The SMILES string of the molecule is Cc1nnc(NC(=O)COc2coc(CN3CCSCC3)cc2=O)s1. The maximum atomic E-state index is 12.1. The van der Waals surface area contributed by atoms with Crippen molar-refractivity contribution in [3.8, 4) is 5.75 Å². The second kappa shape index (κ2) is 8.45. The number of nitrogens with zero attached hydrogens (tertiary/aromatic N) is 3. The van der Waals surface area contributed by atoms with Crippen molar-refractivity contribution in [2.75, 3.05) is 36.5 Å². The van der Waals surface area contributed by atoms with Gasteiger partial charge in [0, 0.05) is 30.7 Å². The molecule has 10 heteroatoms. The Kier molecular flexibility index (Phi) is 6.05. The lowest BCUT2D eigenvalue weighted by atomic mass is 10.3. The summed E-state index contributed by atoms with van der Waals surface area (Å²) < 4.78 is 10.7. The van der Waals surface area contributed by atoms with Crippen molar-refractivity contribution in [2.45, 2.75) is 13.5 Å². The number of hydrogen-bond donors (Lipinski definition) is 1. The number of rotatable bonds is 6. The van der Waals surface area contributed by atoms with E-state index in [9.17, 15) is 9.59 Å². The van der Waals surface area contributed by atoms with Gasteiger partial charge in [-0.2, -0.15) is 11.8 Å². The van der Waals surface area contributed by atoms with Crippen molar-refractivity contribution in [3.63, 3.8) is 0 Å². The largest absolute Gasteiger partial charge is 0.477 e. The van der Waals surface area contributed by atoms with Gasteiger partial charge in [0.2, 0.25) is 16.3 Å². The van der Waals surface area contributed by atoms with Gasteiger partial charge in [0.15, 0.2) is 6.61 Å². The minimum Gasteiger partial charge on any atom is -0.477 e. The molecule has 3 heterocycles. The fraction of sp³-hybridized carbons (Fsp3) is 0.467. The van der Waals surface area contributed by atoms with Crippen LogP contribution in [0, 0.1) is 6.92 Å². The molecule has 1 aliphatic heterocycles. The highest BCUT2D eigenvalue weighted by molar-refractivity contribution is 7.99. The summed E-state index contributed by atoms with van der Waals surface area (Å²) in [6, 6.07) is 1.42. The molecule has 3 rings (SSSR count). The highest BCUT2D eigenvalue weighted by atomic mass is 32.2. The Hall–Kier alpha value is -1.91. The van der Waals surface area contributed by atoms with E-state index < -0.39 is 5.91 Å². The normalized spacial score (nSPS) is 15.1. The lowest BCUT2D eigenvalue weighted by Gasteiger charge is -2.25. The number of aryl methyl sites for hydroxylation is 1. The van der Waals surface area contributed by atoms with Gasteiger partial charge in [-0.25, -0.2) is 0 Å². The highest BCUT2D eigenvalue weighted by Crippen LogP contribution is 2.15. The number of amides is 1. The molecule has 0 radical (unpaired) electrons. The zero-order valence-electron chi connectivity index (χ0n) is 13.7. The van der Waals surface area contributed by atoms with Gasteiger partial charge >= 0.3 is 0 Å². The fourth-order valence-corrected chi connectivity index (χ4v) is 3.84. The Bertz CT molecular complexity index is 786. The van der Waals surface area contributed by atoms with Gasteiger partial charge in [-0.15, -0.1) is 10.2 Å². The van der Waals surface area contributed by atoms with E-state index in [1.165, 1.54) is 23.7 Å². The molecule has 25 heavy (non-hydrogen) atoms. The van der Waals surface area contributed by atoms with Gasteiger partial charge in [-0.1, -0.05) is 11.3 Å². The second-order valence-electron chi connectivity index (χ2n) is 5.43. The van der Waals surface area contributed by atoms with E-state index in [1.54, 1.807) is 6.92 Å². The van der Waals surface area contributed by atoms with Crippen LogP contribution < -0.4 is 15.5 Å². The molecule has 1 saturated heterocycles. The van der Waals surface area contributed by atoms with E-state index in [0.717, 1.165) is 29.6 Å². The number of nitrogens with one attached hydrogen (secondary N) is 1. The summed E-state index contributed by atoms with van der Waals surface area (Å²) in [5, 5.41) is 11.3. The smallest absolute Gasteiger partial charge is 0.264 e. The lowest BCUT2D eigenvalue weighted by molar-refractivity contribution is -0.118. The van der Waals surface area contributed by atoms with Gasteiger partial charge in [-0.3, -0.25) is 19.8 Å². The van der Waals surface area contributed by atoms with Crippen molar-refractivity contribution in [3.05, 3.63) is 33.3 Å². The molecular weight excluding hydrogens is 364 g/mol. The standard InChI is InChI=1S/C15H18N4O4S2/c1-10-17-18-15(25-10)16-14(21)9-23-13-8-22-11(6-12(13)20)7-19-2-4-24-5-3-19/h6,8H,2-5,7,9H2,1H3,(H,16,18,21). The zero-order valence-corrected chi connectivity index (χ0v) is 15.3. The summed E-state index contributed by atoms with van der Waals surface area (Å²) >= 11 is 3.19. The third kappa shape index (κ3) is 5.28. The maximum absolute atomic E-state index is 12.1. The van der Waals surface area contributed by atoms with Gasteiger partial charge in [0.25, 0.3) is 5.91 Å². The first-order valence-electron chi connectivity index (χ1n) is 7.75. The van der Waals surface area contributed by atoms with E-state index in [-0.39, 0.29) is 17.8 Å². The molecule has 0 aliphatic carbocycles. The van der Waals surface area contributed by atoms with Crippen LogP contribution in [0.15, 0.2) is 21.5 Å². The topological polar surface area (TPSA) is 97.6 Å². The molecule has 0 unspecified atom stereocenters. The summed E-state index contributed by atoms with van der Waals surface area (Å²) in [6.45, 7) is 4.06. The van der Waals surface area contributed by atoms with Crippen molar-refractivity contribution in [1.82, 2.24) is 15.1 Å². The molecule has 8 nitrogen and oxygen atoms in total. The van der Waals surface area contributed by atoms with Crippen LogP contribution in [0.3, 0.4) is 0 Å². The van der Waals surface area contributed by atoms with Crippen molar-refractivity contribution in [1.29, 1.82) is 0 Å². The minimum atomic E-state index is -0.412. The lowest BCUT2D eigenvalue weighted by Crippen LogP contribution is -2.32. The fourth-order valence-electron chi connectivity index (χ4n) is 2.25. The predicted octanol–water partition coefficient (Wildman–Crippen LogP) is 1.37. The molecule has 1 fully saturated rings. The highest BCUT2D eigenvalue weighted by Gasteiger charge is 2.14. The minimum absolute atomic E-state index is 0.0153. The van der Waals surface area contributed by atoms with Gasteiger partial charge in [0.05, 0.1) is 6.54 Å². The van der Waals surface area contributed by atoms with Crippen LogP contribution >= 0.6 is 23.1 Å². The van der Waals surface area contributed by atoms with Crippen molar-refractivity contribution in [2.24, 2.45) is 0 Å². The molecule has 1 aliphatic rings. The molecular formula is C15H18N4O4S2. The van der Waals surface area contributed by atoms with Crippen molar-refractivity contribution >= 4 is 34.1 Å². The Morgan fingerprint density at radius 2 is 2.20 bits per heavy atom. The molecule has 0 bridgehead atoms. The third-order valence-corrected chi connectivity index (χ3v) is 5.16.